The number of likely N-dealkylation sites (N-methyl/N-ethyl adjacent to an activating group) is 1. The molecule has 0 heterocycles. The van der Waals surface area contributed by atoms with Crippen molar-refractivity contribution < 1.29 is 14.0 Å². The fourth-order valence-corrected chi connectivity index (χ4v) is 2.64. The van der Waals surface area contributed by atoms with Crippen LogP contribution in [-0.2, 0) is 4.79 Å². The van der Waals surface area contributed by atoms with E-state index in [2.05, 4.69) is 0 Å². The summed E-state index contributed by atoms with van der Waals surface area (Å²) < 4.78 is 13.0. The number of benzene rings is 2. The minimum Gasteiger partial charge on any atom is -0.341 e. The van der Waals surface area contributed by atoms with E-state index >= 15 is 0 Å². The van der Waals surface area contributed by atoms with E-state index in [0.29, 0.717) is 17.1 Å². The first kappa shape index (κ1) is 17.2. The van der Waals surface area contributed by atoms with Gasteiger partial charge >= 0.3 is 0 Å². The van der Waals surface area contributed by atoms with E-state index in [4.69, 9.17) is 11.6 Å². The molecule has 23 heavy (non-hydrogen) atoms. The van der Waals surface area contributed by atoms with Crippen molar-refractivity contribution in [1.82, 2.24) is 4.90 Å². The predicted molar refractivity (Wildman–Crippen MR) is 88.2 cm³/mol. The smallest absolute Gasteiger partial charge is 0.255 e. The van der Waals surface area contributed by atoms with E-state index in [9.17, 15) is 14.0 Å². The quantitative estimate of drug-likeness (QED) is 0.751. The number of rotatable bonds is 6. The SMILES string of the molecule is CN(CC(CC=O)c1ccc(F)cc1)C(=O)c1ccccc1Cl. The van der Waals surface area contributed by atoms with E-state index in [0.717, 1.165) is 11.8 Å². The van der Waals surface area contributed by atoms with Crippen molar-refractivity contribution in [1.29, 1.82) is 0 Å². The van der Waals surface area contributed by atoms with Gasteiger partial charge in [0.25, 0.3) is 5.91 Å². The molecule has 2 aromatic rings. The Bertz CT molecular complexity index is 688. The largest absolute Gasteiger partial charge is 0.341 e. The summed E-state index contributed by atoms with van der Waals surface area (Å²) in [6, 6.07) is 12.8. The fraction of sp³-hybridized carbons (Fsp3) is 0.222. The third kappa shape index (κ3) is 4.39. The first-order valence-electron chi connectivity index (χ1n) is 7.22. The summed E-state index contributed by atoms with van der Waals surface area (Å²) in [6.45, 7) is 0.342. The first-order chi connectivity index (χ1) is 11.0. The summed E-state index contributed by atoms with van der Waals surface area (Å²) in [7, 11) is 1.66. The van der Waals surface area contributed by atoms with Crippen molar-refractivity contribution in [3.63, 3.8) is 0 Å². The lowest BCUT2D eigenvalue weighted by molar-refractivity contribution is -0.108. The number of aldehydes is 1. The maximum Gasteiger partial charge on any atom is 0.255 e. The van der Waals surface area contributed by atoms with E-state index in [1.54, 1.807) is 43.4 Å². The van der Waals surface area contributed by atoms with Crippen LogP contribution in [0.5, 0.6) is 0 Å². The van der Waals surface area contributed by atoms with Crippen LogP contribution >= 0.6 is 11.6 Å². The lowest BCUT2D eigenvalue weighted by Crippen LogP contribution is -2.31. The molecule has 0 aliphatic carbocycles. The summed E-state index contributed by atoms with van der Waals surface area (Å²) >= 11 is 6.05. The number of hydrogen-bond acceptors (Lipinski definition) is 2. The zero-order chi connectivity index (χ0) is 16.8. The number of nitrogens with zero attached hydrogens (tertiary/aromatic N) is 1. The average Bonchev–Trinajstić information content (AvgIpc) is 2.55. The molecule has 0 saturated heterocycles. The van der Waals surface area contributed by atoms with Crippen LogP contribution < -0.4 is 0 Å². The Labute approximate surface area is 139 Å². The van der Waals surface area contributed by atoms with Crippen LogP contribution in [0.4, 0.5) is 4.39 Å². The topological polar surface area (TPSA) is 37.4 Å². The molecule has 0 saturated carbocycles. The van der Waals surface area contributed by atoms with Crippen LogP contribution in [0.25, 0.3) is 0 Å². The Kier molecular flexibility index (Phi) is 5.88. The van der Waals surface area contributed by atoms with E-state index in [-0.39, 0.29) is 24.1 Å². The summed E-state index contributed by atoms with van der Waals surface area (Å²) in [5.41, 5.74) is 1.23. The molecule has 2 rings (SSSR count). The van der Waals surface area contributed by atoms with Crippen LogP contribution in [0.1, 0.15) is 28.3 Å². The first-order valence-corrected chi connectivity index (χ1v) is 7.59. The number of carbonyl (C=O) groups is 2. The van der Waals surface area contributed by atoms with Crippen molar-refractivity contribution >= 4 is 23.8 Å². The zero-order valence-electron chi connectivity index (χ0n) is 12.7. The average molecular weight is 334 g/mol. The molecule has 5 heteroatoms. The molecular formula is C18H17ClFNO2. The van der Waals surface area contributed by atoms with Crippen molar-refractivity contribution in [2.45, 2.75) is 12.3 Å². The second-order valence-electron chi connectivity index (χ2n) is 5.32. The Morgan fingerprint density at radius 1 is 1.22 bits per heavy atom. The highest BCUT2D eigenvalue weighted by Gasteiger charge is 2.20. The molecule has 120 valence electrons. The standard InChI is InChI=1S/C18H17ClFNO2/c1-21(18(23)16-4-2-3-5-17(16)19)12-14(10-11-22)13-6-8-15(20)9-7-13/h2-9,11,14H,10,12H2,1H3. The number of carbonyl (C=O) groups excluding carboxylic acids is 2. The van der Waals surface area contributed by atoms with Crippen LogP contribution in [-0.4, -0.2) is 30.7 Å². The zero-order valence-corrected chi connectivity index (χ0v) is 13.5. The van der Waals surface area contributed by atoms with Gasteiger partial charge in [-0.25, -0.2) is 4.39 Å². The minimum atomic E-state index is -0.334. The van der Waals surface area contributed by atoms with E-state index in [1.807, 2.05) is 0 Å². The normalized spacial score (nSPS) is 11.8. The molecule has 1 unspecified atom stereocenters. The molecule has 2 aromatic carbocycles. The molecule has 0 bridgehead atoms. The van der Waals surface area contributed by atoms with Crippen LogP contribution in [0.3, 0.4) is 0 Å². The molecule has 0 N–H and O–H groups in total. The predicted octanol–water partition coefficient (Wildman–Crippen LogP) is 3.92. The monoisotopic (exact) mass is 333 g/mol. The summed E-state index contributed by atoms with van der Waals surface area (Å²) in [6.07, 6.45) is 1.06. The molecule has 0 aliphatic heterocycles. The summed E-state index contributed by atoms with van der Waals surface area (Å²) in [4.78, 5) is 24.9. The highest BCUT2D eigenvalue weighted by atomic mass is 35.5. The van der Waals surface area contributed by atoms with Gasteiger partial charge in [0.15, 0.2) is 0 Å². The molecule has 0 aliphatic rings. The molecule has 0 spiro atoms. The maximum absolute atomic E-state index is 13.0. The summed E-state index contributed by atoms with van der Waals surface area (Å²) in [5.74, 6) is -0.739. The molecule has 1 atom stereocenters. The molecule has 0 fully saturated rings. The van der Waals surface area contributed by atoms with E-state index < -0.39 is 0 Å². The molecule has 1 amide bonds. The van der Waals surface area contributed by atoms with Crippen LogP contribution in [0.2, 0.25) is 5.02 Å². The minimum absolute atomic E-state index is 0.190. The number of halogens is 2. The van der Waals surface area contributed by atoms with Gasteiger partial charge in [0.05, 0.1) is 10.6 Å². The molecule has 0 radical (unpaired) electrons. The third-order valence-corrected chi connectivity index (χ3v) is 4.00. The Morgan fingerprint density at radius 2 is 1.87 bits per heavy atom. The Hall–Kier alpha value is -2.20. The maximum atomic E-state index is 13.0. The van der Waals surface area contributed by atoms with Gasteiger partial charge in [-0.2, -0.15) is 0 Å². The highest BCUT2D eigenvalue weighted by molar-refractivity contribution is 6.33. The van der Waals surface area contributed by atoms with Crippen molar-refractivity contribution in [3.05, 3.63) is 70.5 Å². The highest BCUT2D eigenvalue weighted by Crippen LogP contribution is 2.22. The Morgan fingerprint density at radius 3 is 2.48 bits per heavy atom. The van der Waals surface area contributed by atoms with Crippen molar-refractivity contribution in [2.75, 3.05) is 13.6 Å². The number of hydrogen-bond donors (Lipinski definition) is 0. The van der Waals surface area contributed by atoms with Gasteiger partial charge < -0.3 is 9.69 Å². The van der Waals surface area contributed by atoms with Gasteiger partial charge in [-0.15, -0.1) is 0 Å². The van der Waals surface area contributed by atoms with Gasteiger partial charge in [0.2, 0.25) is 0 Å². The van der Waals surface area contributed by atoms with E-state index in [1.165, 1.54) is 17.0 Å². The number of amides is 1. The lowest BCUT2D eigenvalue weighted by atomic mass is 9.95. The summed E-state index contributed by atoms with van der Waals surface area (Å²) in [5, 5.41) is 0.387. The fourth-order valence-electron chi connectivity index (χ4n) is 2.42. The third-order valence-electron chi connectivity index (χ3n) is 3.67. The molecular weight excluding hydrogens is 317 g/mol. The van der Waals surface area contributed by atoms with Gasteiger partial charge in [-0.05, 0) is 29.8 Å². The van der Waals surface area contributed by atoms with Crippen LogP contribution in [0, 0.1) is 5.82 Å². The Balaban J connectivity index is 2.16. The second kappa shape index (κ2) is 7.88. The second-order valence-corrected chi connectivity index (χ2v) is 5.72. The molecule has 3 nitrogen and oxygen atoms in total. The van der Waals surface area contributed by atoms with Crippen molar-refractivity contribution in [2.24, 2.45) is 0 Å². The van der Waals surface area contributed by atoms with Gasteiger partial charge in [0, 0.05) is 25.9 Å². The van der Waals surface area contributed by atoms with Gasteiger partial charge in [0.1, 0.15) is 12.1 Å². The van der Waals surface area contributed by atoms with Crippen LogP contribution in [0.15, 0.2) is 48.5 Å². The molecule has 0 aromatic heterocycles. The van der Waals surface area contributed by atoms with Gasteiger partial charge in [-0.1, -0.05) is 35.9 Å². The van der Waals surface area contributed by atoms with Gasteiger partial charge in [-0.3, -0.25) is 4.79 Å². The van der Waals surface area contributed by atoms with Crippen molar-refractivity contribution in [3.8, 4) is 0 Å². The lowest BCUT2D eigenvalue weighted by Gasteiger charge is -2.24.